The third-order valence-corrected chi connectivity index (χ3v) is 2.72. The Morgan fingerprint density at radius 2 is 2.14 bits per heavy atom. The standard InChI is InChI=1S/C11H13NO2/c1-2-11(8-14-10(13)12-11)9-6-4-3-5-7-9/h3-7H,2,8H2,1H3,(H,12,13). The Labute approximate surface area is 83.1 Å². The van der Waals surface area contributed by atoms with E-state index in [9.17, 15) is 4.79 Å². The molecule has 0 radical (unpaired) electrons. The SMILES string of the molecule is CCC1(c2ccccc2)COC(=O)N1. The molecule has 1 heterocycles. The van der Waals surface area contributed by atoms with Crippen LogP contribution in [-0.4, -0.2) is 12.7 Å². The fraction of sp³-hybridized carbons (Fsp3) is 0.364. The van der Waals surface area contributed by atoms with Gasteiger partial charge in [-0.2, -0.15) is 0 Å². The number of cyclic esters (lactones) is 1. The van der Waals surface area contributed by atoms with E-state index in [-0.39, 0.29) is 11.6 Å². The average molecular weight is 191 g/mol. The second kappa shape index (κ2) is 3.33. The van der Waals surface area contributed by atoms with Crippen molar-refractivity contribution < 1.29 is 9.53 Å². The molecule has 1 aliphatic heterocycles. The number of hydrogen-bond donors (Lipinski definition) is 1. The van der Waals surface area contributed by atoms with Gasteiger partial charge in [0.05, 0.1) is 0 Å². The van der Waals surface area contributed by atoms with Crippen LogP contribution in [0.4, 0.5) is 4.79 Å². The van der Waals surface area contributed by atoms with Crippen LogP contribution in [0.1, 0.15) is 18.9 Å². The van der Waals surface area contributed by atoms with Gasteiger partial charge in [0, 0.05) is 0 Å². The van der Waals surface area contributed by atoms with E-state index < -0.39 is 0 Å². The number of amides is 1. The van der Waals surface area contributed by atoms with Crippen LogP contribution in [0.25, 0.3) is 0 Å². The highest BCUT2D eigenvalue weighted by Gasteiger charge is 2.39. The Hall–Kier alpha value is -1.51. The van der Waals surface area contributed by atoms with Crippen molar-refractivity contribution in [3.05, 3.63) is 35.9 Å². The van der Waals surface area contributed by atoms with Gasteiger partial charge in [-0.1, -0.05) is 37.3 Å². The minimum Gasteiger partial charge on any atom is -0.447 e. The predicted octanol–water partition coefficient (Wildman–Crippen LogP) is 2.03. The van der Waals surface area contributed by atoms with E-state index in [0.29, 0.717) is 6.61 Å². The van der Waals surface area contributed by atoms with E-state index in [1.807, 2.05) is 37.3 Å². The maximum atomic E-state index is 11.1. The van der Waals surface area contributed by atoms with Crippen LogP contribution in [0.5, 0.6) is 0 Å². The van der Waals surface area contributed by atoms with Crippen molar-refractivity contribution in [2.75, 3.05) is 6.61 Å². The molecule has 1 amide bonds. The highest BCUT2D eigenvalue weighted by atomic mass is 16.6. The summed E-state index contributed by atoms with van der Waals surface area (Å²) in [7, 11) is 0. The van der Waals surface area contributed by atoms with Crippen molar-refractivity contribution in [3.8, 4) is 0 Å². The Morgan fingerprint density at radius 1 is 1.43 bits per heavy atom. The molecule has 1 aromatic carbocycles. The number of carbonyl (C=O) groups excluding carboxylic acids is 1. The molecule has 1 aromatic rings. The molecule has 3 heteroatoms. The topological polar surface area (TPSA) is 38.3 Å². The van der Waals surface area contributed by atoms with E-state index in [2.05, 4.69) is 5.32 Å². The molecule has 3 nitrogen and oxygen atoms in total. The normalized spacial score (nSPS) is 25.6. The number of benzene rings is 1. The molecule has 1 unspecified atom stereocenters. The van der Waals surface area contributed by atoms with Gasteiger partial charge in [0.15, 0.2) is 0 Å². The summed E-state index contributed by atoms with van der Waals surface area (Å²) in [5, 5.41) is 2.87. The summed E-state index contributed by atoms with van der Waals surface area (Å²) in [4.78, 5) is 11.1. The number of carbonyl (C=O) groups is 1. The number of rotatable bonds is 2. The molecule has 0 aliphatic carbocycles. The van der Waals surface area contributed by atoms with Gasteiger partial charge < -0.3 is 10.1 Å². The van der Waals surface area contributed by atoms with Gasteiger partial charge in [-0.05, 0) is 12.0 Å². The van der Waals surface area contributed by atoms with E-state index in [1.165, 1.54) is 0 Å². The van der Waals surface area contributed by atoms with Gasteiger partial charge in [0.1, 0.15) is 12.1 Å². The molecule has 0 aromatic heterocycles. The monoisotopic (exact) mass is 191 g/mol. The quantitative estimate of drug-likeness (QED) is 0.776. The zero-order valence-electron chi connectivity index (χ0n) is 8.12. The van der Waals surface area contributed by atoms with E-state index in [4.69, 9.17) is 4.74 Å². The van der Waals surface area contributed by atoms with Crippen molar-refractivity contribution >= 4 is 6.09 Å². The fourth-order valence-corrected chi connectivity index (χ4v) is 1.76. The molecule has 1 aliphatic rings. The third-order valence-electron chi connectivity index (χ3n) is 2.72. The lowest BCUT2D eigenvalue weighted by Crippen LogP contribution is -2.39. The molecular formula is C11H13NO2. The first-order valence-electron chi connectivity index (χ1n) is 4.77. The second-order valence-corrected chi connectivity index (χ2v) is 3.50. The van der Waals surface area contributed by atoms with Crippen molar-refractivity contribution in [3.63, 3.8) is 0 Å². The van der Waals surface area contributed by atoms with E-state index in [0.717, 1.165) is 12.0 Å². The Kier molecular flexibility index (Phi) is 2.15. The molecule has 0 spiro atoms. The lowest BCUT2D eigenvalue weighted by atomic mass is 9.89. The number of ether oxygens (including phenoxy) is 1. The zero-order chi connectivity index (χ0) is 10.0. The minimum absolute atomic E-state index is 0.321. The van der Waals surface area contributed by atoms with Crippen molar-refractivity contribution in [1.82, 2.24) is 5.32 Å². The van der Waals surface area contributed by atoms with Crippen LogP contribution >= 0.6 is 0 Å². The lowest BCUT2D eigenvalue weighted by Gasteiger charge is -2.25. The van der Waals surface area contributed by atoms with Crippen molar-refractivity contribution in [2.45, 2.75) is 18.9 Å². The molecule has 1 saturated heterocycles. The molecule has 74 valence electrons. The zero-order valence-corrected chi connectivity index (χ0v) is 8.12. The lowest BCUT2D eigenvalue weighted by molar-refractivity contribution is 0.171. The highest BCUT2D eigenvalue weighted by Crippen LogP contribution is 2.28. The first kappa shape index (κ1) is 9.06. The minimum atomic E-state index is -0.323. The maximum Gasteiger partial charge on any atom is 0.408 e. The van der Waals surface area contributed by atoms with Crippen molar-refractivity contribution in [1.29, 1.82) is 0 Å². The number of nitrogens with one attached hydrogen (secondary N) is 1. The first-order chi connectivity index (χ1) is 6.77. The molecular weight excluding hydrogens is 178 g/mol. The van der Waals surface area contributed by atoms with Crippen LogP contribution in [-0.2, 0) is 10.3 Å². The largest absolute Gasteiger partial charge is 0.447 e. The molecule has 0 saturated carbocycles. The summed E-state index contributed by atoms with van der Waals surface area (Å²) in [6.07, 6.45) is 0.513. The van der Waals surface area contributed by atoms with Crippen LogP contribution in [0.2, 0.25) is 0 Å². The smallest absolute Gasteiger partial charge is 0.408 e. The molecule has 1 fully saturated rings. The summed E-state index contributed by atoms with van der Waals surface area (Å²) < 4.78 is 4.96. The van der Waals surface area contributed by atoms with Crippen molar-refractivity contribution in [2.24, 2.45) is 0 Å². The van der Waals surface area contributed by atoms with Crippen LogP contribution < -0.4 is 5.32 Å². The first-order valence-corrected chi connectivity index (χ1v) is 4.77. The van der Waals surface area contributed by atoms with Gasteiger partial charge >= 0.3 is 6.09 Å². The number of alkyl carbamates (subject to hydrolysis) is 1. The Morgan fingerprint density at radius 3 is 2.64 bits per heavy atom. The second-order valence-electron chi connectivity index (χ2n) is 3.50. The number of hydrogen-bond acceptors (Lipinski definition) is 2. The molecule has 1 atom stereocenters. The third kappa shape index (κ3) is 1.35. The Balaban J connectivity index is 2.34. The molecule has 14 heavy (non-hydrogen) atoms. The fourth-order valence-electron chi connectivity index (χ4n) is 1.76. The van der Waals surface area contributed by atoms with Crippen LogP contribution in [0.3, 0.4) is 0 Å². The molecule has 0 bridgehead atoms. The summed E-state index contributed by atoms with van der Waals surface area (Å²) in [6, 6.07) is 9.93. The van der Waals surface area contributed by atoms with Gasteiger partial charge in [-0.25, -0.2) is 4.79 Å². The highest BCUT2D eigenvalue weighted by molar-refractivity contribution is 5.71. The van der Waals surface area contributed by atoms with Crippen LogP contribution in [0.15, 0.2) is 30.3 Å². The van der Waals surface area contributed by atoms with Crippen LogP contribution in [0, 0.1) is 0 Å². The molecule has 1 N–H and O–H groups in total. The summed E-state index contributed by atoms with van der Waals surface area (Å²) in [5.41, 5.74) is 0.784. The van der Waals surface area contributed by atoms with Gasteiger partial charge in [-0.15, -0.1) is 0 Å². The Bertz CT molecular complexity index is 336. The van der Waals surface area contributed by atoms with Gasteiger partial charge in [0.2, 0.25) is 0 Å². The van der Waals surface area contributed by atoms with Gasteiger partial charge in [0.25, 0.3) is 0 Å². The molecule has 2 rings (SSSR count). The maximum absolute atomic E-state index is 11.1. The predicted molar refractivity (Wildman–Crippen MR) is 52.9 cm³/mol. The average Bonchev–Trinajstić information content (AvgIpc) is 2.63. The summed E-state index contributed by atoms with van der Waals surface area (Å²) >= 11 is 0. The summed E-state index contributed by atoms with van der Waals surface area (Å²) in [5.74, 6) is 0. The van der Waals surface area contributed by atoms with Gasteiger partial charge in [-0.3, -0.25) is 0 Å². The van der Waals surface area contributed by atoms with E-state index in [1.54, 1.807) is 0 Å². The summed E-state index contributed by atoms with van der Waals surface area (Å²) in [6.45, 7) is 2.47. The van der Waals surface area contributed by atoms with E-state index >= 15 is 0 Å².